The van der Waals surface area contributed by atoms with E-state index in [2.05, 4.69) is 34.1 Å². The van der Waals surface area contributed by atoms with Gasteiger partial charge in [0.15, 0.2) is 0 Å². The minimum Gasteiger partial charge on any atom is -0.388 e. The predicted molar refractivity (Wildman–Crippen MR) is 109 cm³/mol. The SMILES string of the molecule is OC(CCN1CCN(c2ccc(F)cc2)CC1)c1ccc2ccccc2c1. The number of anilines is 1. The maximum absolute atomic E-state index is 13.1. The van der Waals surface area contributed by atoms with Crippen LogP contribution in [0.2, 0.25) is 0 Å². The van der Waals surface area contributed by atoms with Crippen molar-refractivity contribution >= 4 is 16.5 Å². The number of benzene rings is 3. The van der Waals surface area contributed by atoms with E-state index in [0.29, 0.717) is 0 Å². The monoisotopic (exact) mass is 364 g/mol. The van der Waals surface area contributed by atoms with Gasteiger partial charge in [-0.25, -0.2) is 4.39 Å². The second-order valence-corrected chi connectivity index (χ2v) is 7.22. The van der Waals surface area contributed by atoms with Crippen molar-refractivity contribution in [1.29, 1.82) is 0 Å². The molecule has 3 nitrogen and oxygen atoms in total. The van der Waals surface area contributed by atoms with Gasteiger partial charge in [-0.1, -0.05) is 36.4 Å². The number of fused-ring (bicyclic) bond motifs is 1. The molecule has 1 N–H and O–H groups in total. The Balaban J connectivity index is 1.29. The summed E-state index contributed by atoms with van der Waals surface area (Å²) < 4.78 is 13.1. The van der Waals surface area contributed by atoms with Gasteiger partial charge in [-0.3, -0.25) is 4.90 Å². The number of rotatable bonds is 5. The van der Waals surface area contributed by atoms with Crippen LogP contribution in [0, 0.1) is 5.82 Å². The van der Waals surface area contributed by atoms with Gasteiger partial charge in [0.2, 0.25) is 0 Å². The lowest BCUT2D eigenvalue weighted by Crippen LogP contribution is -2.46. The van der Waals surface area contributed by atoms with Crippen LogP contribution in [-0.2, 0) is 0 Å². The molecular weight excluding hydrogens is 339 g/mol. The summed E-state index contributed by atoms with van der Waals surface area (Å²) in [4.78, 5) is 4.68. The molecule has 4 heteroatoms. The van der Waals surface area contributed by atoms with Crippen LogP contribution in [0.3, 0.4) is 0 Å². The summed E-state index contributed by atoms with van der Waals surface area (Å²) in [5.74, 6) is -0.194. The van der Waals surface area contributed by atoms with Crippen LogP contribution in [0.1, 0.15) is 18.1 Å². The molecule has 140 valence electrons. The Bertz CT molecular complexity index is 888. The molecule has 1 aliphatic rings. The van der Waals surface area contributed by atoms with Gasteiger partial charge in [0, 0.05) is 38.4 Å². The summed E-state index contributed by atoms with van der Waals surface area (Å²) in [6.45, 7) is 4.66. The second kappa shape index (κ2) is 8.07. The Morgan fingerprint density at radius 3 is 2.30 bits per heavy atom. The first-order valence-electron chi connectivity index (χ1n) is 9.59. The van der Waals surface area contributed by atoms with Crippen molar-refractivity contribution in [2.75, 3.05) is 37.6 Å². The molecule has 0 saturated carbocycles. The molecule has 0 aromatic heterocycles. The largest absolute Gasteiger partial charge is 0.388 e. The summed E-state index contributed by atoms with van der Waals surface area (Å²) in [5.41, 5.74) is 2.06. The zero-order chi connectivity index (χ0) is 18.6. The molecule has 3 aromatic carbocycles. The first-order valence-corrected chi connectivity index (χ1v) is 9.59. The van der Waals surface area contributed by atoms with Crippen molar-refractivity contribution in [1.82, 2.24) is 4.90 Å². The fraction of sp³-hybridized carbons (Fsp3) is 0.304. The van der Waals surface area contributed by atoms with E-state index in [4.69, 9.17) is 0 Å². The standard InChI is InChI=1S/C23H25FN2O/c24-21-7-9-22(10-8-21)26-15-13-25(14-16-26)12-11-23(27)20-6-5-18-3-1-2-4-19(18)17-20/h1-10,17,23,27H,11-16H2. The molecule has 1 fully saturated rings. The van der Waals surface area contributed by atoms with Crippen LogP contribution in [0.4, 0.5) is 10.1 Å². The second-order valence-electron chi connectivity index (χ2n) is 7.22. The number of aliphatic hydroxyl groups excluding tert-OH is 1. The van der Waals surface area contributed by atoms with E-state index in [0.717, 1.165) is 50.4 Å². The zero-order valence-corrected chi connectivity index (χ0v) is 15.4. The number of aliphatic hydroxyl groups is 1. The molecule has 27 heavy (non-hydrogen) atoms. The molecule has 3 aromatic rings. The van der Waals surface area contributed by atoms with Crippen molar-refractivity contribution in [2.45, 2.75) is 12.5 Å². The van der Waals surface area contributed by atoms with Gasteiger partial charge in [-0.05, 0) is 53.1 Å². The van der Waals surface area contributed by atoms with Crippen molar-refractivity contribution in [3.8, 4) is 0 Å². The Morgan fingerprint density at radius 1 is 0.852 bits per heavy atom. The van der Waals surface area contributed by atoms with Crippen molar-refractivity contribution in [2.24, 2.45) is 0 Å². The highest BCUT2D eigenvalue weighted by Crippen LogP contribution is 2.23. The lowest BCUT2D eigenvalue weighted by atomic mass is 10.0. The van der Waals surface area contributed by atoms with Crippen LogP contribution in [-0.4, -0.2) is 42.7 Å². The van der Waals surface area contributed by atoms with Gasteiger partial charge < -0.3 is 10.0 Å². The third-order valence-electron chi connectivity index (χ3n) is 5.44. The normalized spacial score (nSPS) is 16.6. The third-order valence-corrected chi connectivity index (χ3v) is 5.44. The number of halogens is 1. The highest BCUT2D eigenvalue weighted by Gasteiger charge is 2.18. The maximum atomic E-state index is 13.1. The van der Waals surface area contributed by atoms with E-state index in [-0.39, 0.29) is 5.82 Å². The summed E-state index contributed by atoms with van der Waals surface area (Å²) in [6.07, 6.45) is 0.291. The molecule has 0 radical (unpaired) electrons. The van der Waals surface area contributed by atoms with Crippen LogP contribution in [0.5, 0.6) is 0 Å². The van der Waals surface area contributed by atoms with Gasteiger partial charge >= 0.3 is 0 Å². The number of hydrogen-bond donors (Lipinski definition) is 1. The quantitative estimate of drug-likeness (QED) is 0.734. The minimum absolute atomic E-state index is 0.194. The summed E-state index contributed by atoms with van der Waals surface area (Å²) in [7, 11) is 0. The van der Waals surface area contributed by atoms with E-state index >= 15 is 0 Å². The van der Waals surface area contributed by atoms with E-state index in [1.165, 1.54) is 22.9 Å². The van der Waals surface area contributed by atoms with Gasteiger partial charge in [0.1, 0.15) is 5.82 Å². The molecule has 1 atom stereocenters. The fourth-order valence-corrected chi connectivity index (χ4v) is 3.77. The zero-order valence-electron chi connectivity index (χ0n) is 15.4. The summed E-state index contributed by atoms with van der Waals surface area (Å²) in [5, 5.41) is 13.0. The maximum Gasteiger partial charge on any atom is 0.123 e. The van der Waals surface area contributed by atoms with E-state index in [9.17, 15) is 9.50 Å². The van der Waals surface area contributed by atoms with E-state index in [1.54, 1.807) is 0 Å². The van der Waals surface area contributed by atoms with Crippen molar-refractivity contribution < 1.29 is 9.50 Å². The van der Waals surface area contributed by atoms with Crippen LogP contribution in [0.15, 0.2) is 66.7 Å². The highest BCUT2D eigenvalue weighted by atomic mass is 19.1. The fourth-order valence-electron chi connectivity index (χ4n) is 3.77. The summed E-state index contributed by atoms with van der Waals surface area (Å²) in [6, 6.07) is 21.1. The van der Waals surface area contributed by atoms with Crippen molar-refractivity contribution in [3.63, 3.8) is 0 Å². The van der Waals surface area contributed by atoms with Crippen LogP contribution in [0.25, 0.3) is 10.8 Å². The molecule has 4 rings (SSSR count). The Hall–Kier alpha value is -2.43. The predicted octanol–water partition coefficient (Wildman–Crippen LogP) is 4.22. The van der Waals surface area contributed by atoms with Gasteiger partial charge in [-0.2, -0.15) is 0 Å². The molecule has 0 bridgehead atoms. The third kappa shape index (κ3) is 4.29. The number of nitrogens with zero attached hydrogens (tertiary/aromatic N) is 2. The molecular formula is C23H25FN2O. The molecule has 1 saturated heterocycles. The Morgan fingerprint density at radius 2 is 1.56 bits per heavy atom. The molecule has 1 heterocycles. The molecule has 0 spiro atoms. The highest BCUT2D eigenvalue weighted by molar-refractivity contribution is 5.83. The molecule has 1 unspecified atom stereocenters. The van der Waals surface area contributed by atoms with Crippen LogP contribution < -0.4 is 4.90 Å². The smallest absolute Gasteiger partial charge is 0.123 e. The van der Waals surface area contributed by atoms with E-state index in [1.807, 2.05) is 30.3 Å². The van der Waals surface area contributed by atoms with E-state index < -0.39 is 6.10 Å². The first-order chi connectivity index (χ1) is 13.2. The van der Waals surface area contributed by atoms with Crippen LogP contribution >= 0.6 is 0 Å². The molecule has 1 aliphatic heterocycles. The Kier molecular flexibility index (Phi) is 5.37. The first kappa shape index (κ1) is 18.0. The lowest BCUT2D eigenvalue weighted by molar-refractivity contribution is 0.139. The summed E-state index contributed by atoms with van der Waals surface area (Å²) >= 11 is 0. The Labute approximate surface area is 159 Å². The molecule has 0 amide bonds. The lowest BCUT2D eigenvalue weighted by Gasteiger charge is -2.36. The average molecular weight is 364 g/mol. The average Bonchev–Trinajstić information content (AvgIpc) is 2.72. The topological polar surface area (TPSA) is 26.7 Å². The number of piperazine rings is 1. The van der Waals surface area contributed by atoms with Gasteiger partial charge in [-0.15, -0.1) is 0 Å². The minimum atomic E-state index is -0.440. The van der Waals surface area contributed by atoms with Gasteiger partial charge in [0.05, 0.1) is 6.10 Å². The van der Waals surface area contributed by atoms with Crippen molar-refractivity contribution in [3.05, 3.63) is 78.1 Å². The van der Waals surface area contributed by atoms with Gasteiger partial charge in [0.25, 0.3) is 0 Å². The number of hydrogen-bond acceptors (Lipinski definition) is 3. The molecule has 0 aliphatic carbocycles.